The fourth-order valence-electron chi connectivity index (χ4n) is 2.64. The average Bonchev–Trinajstić information content (AvgIpc) is 2.98. The van der Waals surface area contributed by atoms with Gasteiger partial charge in [-0.15, -0.1) is 18.3 Å². The molecule has 0 aliphatic carbocycles. The maximum Gasteiger partial charge on any atom is 0.141 e. The zero-order chi connectivity index (χ0) is 16.9. The summed E-state index contributed by atoms with van der Waals surface area (Å²) in [7, 11) is 0. The van der Waals surface area contributed by atoms with Crippen molar-refractivity contribution in [3.05, 3.63) is 60.7 Å². The molecule has 3 rings (SSSR count). The first-order chi connectivity index (χ1) is 11.8. The van der Waals surface area contributed by atoms with Crippen molar-refractivity contribution in [2.75, 3.05) is 5.75 Å². The van der Waals surface area contributed by atoms with Crippen molar-refractivity contribution in [3.8, 4) is 17.5 Å². The predicted molar refractivity (Wildman–Crippen MR) is 101 cm³/mol. The molecule has 4 heteroatoms. The molecule has 1 heterocycles. The molecule has 1 aromatic heterocycles. The van der Waals surface area contributed by atoms with Gasteiger partial charge in [-0.1, -0.05) is 13.0 Å². The van der Waals surface area contributed by atoms with Gasteiger partial charge in [0, 0.05) is 17.0 Å². The molecule has 0 saturated carbocycles. The van der Waals surface area contributed by atoms with E-state index in [9.17, 15) is 0 Å². The number of allylic oxidation sites excluding steroid dienone is 1. The number of thioether (sulfide) groups is 1. The standard InChI is InChI=1S/C20H19N3S/c1-3-11-23-19-13-17(24-12-4-2)9-10-18(19)22-20(23)16-7-5-15(14-21)6-8-16/h3,5-10,13H,1,4,11-12H2,2H3. The van der Waals surface area contributed by atoms with Crippen LogP contribution in [-0.4, -0.2) is 15.3 Å². The molecule has 3 aromatic rings. The molecule has 0 N–H and O–H groups in total. The topological polar surface area (TPSA) is 41.6 Å². The van der Waals surface area contributed by atoms with E-state index in [0.717, 1.165) is 34.6 Å². The van der Waals surface area contributed by atoms with E-state index in [2.05, 4.69) is 42.3 Å². The summed E-state index contributed by atoms with van der Waals surface area (Å²) in [6, 6.07) is 16.1. The van der Waals surface area contributed by atoms with E-state index in [0.29, 0.717) is 12.1 Å². The van der Waals surface area contributed by atoms with Crippen LogP contribution in [0.25, 0.3) is 22.4 Å². The Kier molecular flexibility index (Phi) is 5.02. The van der Waals surface area contributed by atoms with Crippen LogP contribution in [-0.2, 0) is 6.54 Å². The van der Waals surface area contributed by atoms with Crippen LogP contribution < -0.4 is 0 Å². The second-order valence-corrected chi connectivity index (χ2v) is 6.69. The first-order valence-corrected chi connectivity index (χ1v) is 9.00. The van der Waals surface area contributed by atoms with E-state index in [4.69, 9.17) is 10.2 Å². The highest BCUT2D eigenvalue weighted by Crippen LogP contribution is 2.29. The number of nitriles is 1. The predicted octanol–water partition coefficient (Wildman–Crippen LogP) is 5.26. The minimum Gasteiger partial charge on any atom is -0.320 e. The van der Waals surface area contributed by atoms with Gasteiger partial charge in [-0.3, -0.25) is 0 Å². The zero-order valence-electron chi connectivity index (χ0n) is 13.7. The second-order valence-electron chi connectivity index (χ2n) is 5.52. The Bertz CT molecular complexity index is 901. The molecular formula is C20H19N3S. The van der Waals surface area contributed by atoms with Gasteiger partial charge in [-0.05, 0) is 54.6 Å². The fourth-order valence-corrected chi connectivity index (χ4v) is 3.44. The normalized spacial score (nSPS) is 10.7. The summed E-state index contributed by atoms with van der Waals surface area (Å²) < 4.78 is 2.18. The highest BCUT2D eigenvalue weighted by Gasteiger charge is 2.12. The summed E-state index contributed by atoms with van der Waals surface area (Å²) in [6.45, 7) is 6.77. The van der Waals surface area contributed by atoms with Crippen molar-refractivity contribution in [1.82, 2.24) is 9.55 Å². The maximum atomic E-state index is 8.97. The molecule has 0 atom stereocenters. The lowest BCUT2D eigenvalue weighted by Crippen LogP contribution is -1.98. The van der Waals surface area contributed by atoms with Gasteiger partial charge < -0.3 is 4.57 Å². The molecule has 0 radical (unpaired) electrons. The second kappa shape index (κ2) is 7.37. The molecule has 0 aliphatic rings. The number of fused-ring (bicyclic) bond motifs is 1. The lowest BCUT2D eigenvalue weighted by molar-refractivity contribution is 0.861. The van der Waals surface area contributed by atoms with Gasteiger partial charge in [0.25, 0.3) is 0 Å². The Morgan fingerprint density at radius 2 is 2.04 bits per heavy atom. The van der Waals surface area contributed by atoms with E-state index < -0.39 is 0 Å². The third-order valence-corrected chi connectivity index (χ3v) is 4.98. The minimum absolute atomic E-state index is 0.656. The largest absolute Gasteiger partial charge is 0.320 e. The number of benzene rings is 2. The Balaban J connectivity index is 2.10. The lowest BCUT2D eigenvalue weighted by atomic mass is 10.1. The molecular weight excluding hydrogens is 314 g/mol. The molecule has 0 fully saturated rings. The van der Waals surface area contributed by atoms with Crippen LogP contribution in [0.4, 0.5) is 0 Å². The Morgan fingerprint density at radius 1 is 1.25 bits per heavy atom. The van der Waals surface area contributed by atoms with Crippen LogP contribution in [0.3, 0.4) is 0 Å². The van der Waals surface area contributed by atoms with Crippen molar-refractivity contribution in [3.63, 3.8) is 0 Å². The van der Waals surface area contributed by atoms with Crippen LogP contribution in [0.2, 0.25) is 0 Å². The summed E-state index contributed by atoms with van der Waals surface area (Å²) in [4.78, 5) is 6.07. The highest BCUT2D eigenvalue weighted by molar-refractivity contribution is 7.99. The van der Waals surface area contributed by atoms with Gasteiger partial charge in [0.1, 0.15) is 5.82 Å². The third-order valence-electron chi connectivity index (χ3n) is 3.78. The molecule has 0 saturated heterocycles. The van der Waals surface area contributed by atoms with E-state index in [1.54, 1.807) is 0 Å². The average molecular weight is 333 g/mol. The van der Waals surface area contributed by atoms with Gasteiger partial charge in [0.2, 0.25) is 0 Å². The van der Waals surface area contributed by atoms with E-state index in [1.165, 1.54) is 4.90 Å². The number of aromatic nitrogens is 2. The van der Waals surface area contributed by atoms with Crippen molar-refractivity contribution >= 4 is 22.8 Å². The number of imidazole rings is 1. The van der Waals surface area contributed by atoms with Gasteiger partial charge >= 0.3 is 0 Å². The van der Waals surface area contributed by atoms with Gasteiger partial charge in [-0.25, -0.2) is 4.98 Å². The van der Waals surface area contributed by atoms with Crippen molar-refractivity contribution in [2.45, 2.75) is 24.8 Å². The number of hydrogen-bond acceptors (Lipinski definition) is 3. The molecule has 24 heavy (non-hydrogen) atoms. The fraction of sp³-hybridized carbons (Fsp3) is 0.200. The highest BCUT2D eigenvalue weighted by atomic mass is 32.2. The van der Waals surface area contributed by atoms with Crippen molar-refractivity contribution in [1.29, 1.82) is 5.26 Å². The van der Waals surface area contributed by atoms with Gasteiger partial charge in [-0.2, -0.15) is 5.26 Å². The van der Waals surface area contributed by atoms with E-state index >= 15 is 0 Å². The van der Waals surface area contributed by atoms with Crippen molar-refractivity contribution < 1.29 is 0 Å². The molecule has 3 nitrogen and oxygen atoms in total. The molecule has 2 aromatic carbocycles. The molecule has 0 spiro atoms. The first kappa shape index (κ1) is 16.4. The molecule has 0 aliphatic heterocycles. The van der Waals surface area contributed by atoms with E-state index in [1.807, 2.05) is 42.1 Å². The summed E-state index contributed by atoms with van der Waals surface area (Å²) in [5.74, 6) is 2.02. The van der Waals surface area contributed by atoms with Gasteiger partial charge in [0.15, 0.2) is 0 Å². The van der Waals surface area contributed by atoms with Crippen LogP contribution in [0.1, 0.15) is 18.9 Å². The zero-order valence-corrected chi connectivity index (χ0v) is 14.5. The summed E-state index contributed by atoms with van der Waals surface area (Å²) in [5, 5.41) is 8.97. The van der Waals surface area contributed by atoms with Crippen molar-refractivity contribution in [2.24, 2.45) is 0 Å². The third kappa shape index (κ3) is 3.22. The number of hydrogen-bond donors (Lipinski definition) is 0. The van der Waals surface area contributed by atoms with Crippen LogP contribution in [0.5, 0.6) is 0 Å². The Labute approximate surface area is 146 Å². The Hall–Kier alpha value is -2.51. The SMILES string of the molecule is C=CCn1c(-c2ccc(C#N)cc2)nc2ccc(SCCC)cc21. The monoisotopic (exact) mass is 333 g/mol. The molecule has 0 amide bonds. The number of nitrogens with zero attached hydrogens (tertiary/aromatic N) is 3. The quantitative estimate of drug-likeness (QED) is 0.456. The maximum absolute atomic E-state index is 8.97. The summed E-state index contributed by atoms with van der Waals surface area (Å²) in [5.41, 5.74) is 3.77. The van der Waals surface area contributed by atoms with Gasteiger partial charge in [0.05, 0.1) is 22.7 Å². The summed E-state index contributed by atoms with van der Waals surface area (Å²) >= 11 is 1.87. The molecule has 0 unspecified atom stereocenters. The Morgan fingerprint density at radius 3 is 2.71 bits per heavy atom. The first-order valence-electron chi connectivity index (χ1n) is 8.01. The summed E-state index contributed by atoms with van der Waals surface area (Å²) in [6.07, 6.45) is 3.05. The lowest BCUT2D eigenvalue weighted by Gasteiger charge is -2.07. The minimum atomic E-state index is 0.656. The van der Waals surface area contributed by atoms with Crippen LogP contribution in [0, 0.1) is 11.3 Å². The smallest absolute Gasteiger partial charge is 0.141 e. The number of rotatable bonds is 6. The molecule has 120 valence electrons. The van der Waals surface area contributed by atoms with Crippen LogP contribution in [0.15, 0.2) is 60.0 Å². The molecule has 0 bridgehead atoms. The van der Waals surface area contributed by atoms with Crippen LogP contribution >= 0.6 is 11.8 Å². The van der Waals surface area contributed by atoms with E-state index in [-0.39, 0.29) is 0 Å².